The van der Waals surface area contributed by atoms with Crippen molar-refractivity contribution >= 4 is 52.3 Å². The average molecular weight is 974 g/mol. The van der Waals surface area contributed by atoms with Gasteiger partial charge in [0.25, 0.3) is 0 Å². The summed E-state index contributed by atoms with van der Waals surface area (Å²) >= 11 is -6.13. The van der Waals surface area contributed by atoms with Gasteiger partial charge in [-0.25, -0.2) is 0 Å². The first-order chi connectivity index (χ1) is 29.7. The van der Waals surface area contributed by atoms with Crippen molar-refractivity contribution in [1.82, 2.24) is 0 Å². The van der Waals surface area contributed by atoms with Gasteiger partial charge in [-0.1, -0.05) is 0 Å². The van der Waals surface area contributed by atoms with Crippen molar-refractivity contribution in [3.8, 4) is 33.4 Å². The van der Waals surface area contributed by atoms with Crippen LogP contribution in [0, 0.1) is 0 Å². The van der Waals surface area contributed by atoms with Crippen molar-refractivity contribution in [1.29, 1.82) is 0 Å². The van der Waals surface area contributed by atoms with E-state index in [-0.39, 0.29) is 11.1 Å². The zero-order valence-electron chi connectivity index (χ0n) is 34.4. The molecule has 0 spiro atoms. The van der Waals surface area contributed by atoms with E-state index in [0.29, 0.717) is 35.1 Å². The number of benzene rings is 6. The Morgan fingerprint density at radius 2 is 0.919 bits per heavy atom. The Bertz CT molecular complexity index is 2660. The first kappa shape index (κ1) is 43.3. The Kier molecular flexibility index (Phi) is 11.4. The van der Waals surface area contributed by atoms with E-state index >= 15 is 0 Å². The predicted octanol–water partition coefficient (Wildman–Crippen LogP) is 14.4. The molecule has 0 bridgehead atoms. The number of halogens is 8. The van der Waals surface area contributed by atoms with Crippen molar-refractivity contribution in [3.05, 3.63) is 172 Å². The zero-order valence-corrected chi connectivity index (χ0v) is 39.8. The number of hydrogen-bond donors (Lipinski definition) is 0. The molecule has 6 aromatic rings. The monoisotopic (exact) mass is 971 g/mol. The molecule has 0 radical (unpaired) electrons. The SMILES string of the molecule is CCCCC1=Cc2c(-c3ccccc3C(F)(F)F)cccc2[CH]1[Zr]([Cl])([Cl])([c]1cccc2c1[SiH2]c1ccccc1-2)[CH]1C(CCCC)=Cc2c(-c3ccccc3C(F)(F)F)cccc21. The zero-order chi connectivity index (χ0) is 43.6. The minimum atomic E-state index is -6.13. The molecule has 0 N–H and O–H groups in total. The molecule has 0 saturated carbocycles. The maximum atomic E-state index is 14.7. The Labute approximate surface area is 369 Å². The topological polar surface area (TPSA) is 0 Å². The standard InChI is InChI=1S/2C20H18F3.C12H9Si.2ClH.Zr/c2*1-2-3-7-14-12-15-8-6-10-16(18(15)13-14)17-9-4-5-11-19(17)20(21,22)23;1-3-7-11-9(5-1)10-6-2-4-8-12(10)13-11;;;/h2*4-6,8-13H,2-3,7H2,1H3;1-7H,13H2;2*1H;/q;;;;;+2/p-2. The summed E-state index contributed by atoms with van der Waals surface area (Å²) in [4.78, 5) is 0. The van der Waals surface area contributed by atoms with Gasteiger partial charge in [0.1, 0.15) is 0 Å². The fraction of sp³-hybridized carbons (Fsp3) is 0.231. The van der Waals surface area contributed by atoms with E-state index < -0.39 is 56.6 Å². The molecule has 3 aliphatic rings. The van der Waals surface area contributed by atoms with Gasteiger partial charge in [0.05, 0.1) is 0 Å². The Hall–Kier alpha value is -3.94. The number of fused-ring (bicyclic) bond motifs is 5. The predicted molar refractivity (Wildman–Crippen MR) is 245 cm³/mol. The molecule has 2 atom stereocenters. The van der Waals surface area contributed by atoms with Gasteiger partial charge < -0.3 is 0 Å². The third-order valence-corrected chi connectivity index (χ3v) is 36.2. The first-order valence-electron chi connectivity index (χ1n) is 21.4. The number of allylic oxidation sites excluding steroid dienone is 2. The second kappa shape index (κ2) is 16.2. The molecule has 62 heavy (non-hydrogen) atoms. The number of unbranched alkanes of at least 4 members (excludes halogenated alkanes) is 2. The van der Waals surface area contributed by atoms with Crippen LogP contribution in [0.4, 0.5) is 26.3 Å². The van der Waals surface area contributed by atoms with Crippen LogP contribution in [-0.4, -0.2) is 9.52 Å². The van der Waals surface area contributed by atoms with Gasteiger partial charge in [-0.05, 0) is 0 Å². The fourth-order valence-electron chi connectivity index (χ4n) is 10.9. The van der Waals surface area contributed by atoms with Crippen LogP contribution in [-0.2, 0) is 28.7 Å². The van der Waals surface area contributed by atoms with Gasteiger partial charge >= 0.3 is 372 Å². The molecule has 0 saturated heterocycles. The molecule has 6 aromatic carbocycles. The van der Waals surface area contributed by atoms with Crippen LogP contribution >= 0.6 is 17.0 Å². The second-order valence-corrected chi connectivity index (χ2v) is 39.5. The van der Waals surface area contributed by atoms with Gasteiger partial charge in [0, 0.05) is 0 Å². The molecule has 1 aliphatic heterocycles. The van der Waals surface area contributed by atoms with Gasteiger partial charge in [-0.3, -0.25) is 0 Å². The number of rotatable bonds is 11. The van der Waals surface area contributed by atoms with Crippen LogP contribution in [0.25, 0.3) is 45.5 Å². The number of hydrogen-bond acceptors (Lipinski definition) is 0. The molecule has 9 rings (SSSR count). The second-order valence-electron chi connectivity index (χ2n) is 17.0. The summed E-state index contributed by atoms with van der Waals surface area (Å²) in [6.07, 6.45) is -0.374. The maximum absolute atomic E-state index is 14.7. The molecular weight excluding hydrogens is 929 g/mol. The molecule has 2 unspecified atom stereocenters. The quantitative estimate of drug-likeness (QED) is 0.0895. The van der Waals surface area contributed by atoms with Gasteiger partial charge in [0.15, 0.2) is 0 Å². The third kappa shape index (κ3) is 7.07. The van der Waals surface area contributed by atoms with Crippen molar-refractivity contribution < 1.29 is 42.7 Å². The van der Waals surface area contributed by atoms with Gasteiger partial charge in [-0.2, -0.15) is 0 Å². The van der Waals surface area contributed by atoms with Crippen molar-refractivity contribution in [2.45, 2.75) is 72.0 Å². The van der Waals surface area contributed by atoms with Crippen LogP contribution in [0.5, 0.6) is 0 Å². The minimum absolute atomic E-state index is 0.0914. The van der Waals surface area contributed by atoms with Gasteiger partial charge in [0.2, 0.25) is 0 Å². The summed E-state index contributed by atoms with van der Waals surface area (Å²) in [5, 5.41) is 2.48. The van der Waals surface area contributed by atoms with Crippen LogP contribution in [0.15, 0.2) is 139 Å². The molecule has 317 valence electrons. The summed E-state index contributed by atoms with van der Waals surface area (Å²) < 4.78 is 88.3. The van der Waals surface area contributed by atoms with E-state index in [1.807, 2.05) is 36.4 Å². The fourth-order valence-corrected chi connectivity index (χ4v) is 38.8. The summed E-state index contributed by atoms with van der Waals surface area (Å²) in [7, 11) is 17.1. The molecule has 0 amide bonds. The van der Waals surface area contributed by atoms with E-state index in [4.69, 9.17) is 17.0 Å². The van der Waals surface area contributed by atoms with Crippen molar-refractivity contribution in [3.63, 3.8) is 0 Å². The normalized spacial score (nSPS) is 17.8. The van der Waals surface area contributed by atoms with Crippen molar-refractivity contribution in [2.24, 2.45) is 0 Å². The Balaban J connectivity index is 1.37. The summed E-state index contributed by atoms with van der Waals surface area (Å²) in [5.74, 6) is 0. The molecular formula is C52H45Cl2F6SiZr. The third-order valence-electron chi connectivity index (χ3n) is 13.4. The van der Waals surface area contributed by atoms with E-state index in [9.17, 15) is 26.3 Å². The first-order valence-corrected chi connectivity index (χ1v) is 33.3. The summed E-state index contributed by atoms with van der Waals surface area (Å²) in [6.45, 7) is 4.23. The Morgan fingerprint density at radius 1 is 0.500 bits per heavy atom. The summed E-state index contributed by atoms with van der Waals surface area (Å²) in [6, 6.07) is 37.4. The Morgan fingerprint density at radius 3 is 1.40 bits per heavy atom. The number of alkyl halides is 6. The van der Waals surface area contributed by atoms with Crippen LogP contribution in [0.3, 0.4) is 0 Å². The molecule has 0 fully saturated rings. The molecule has 10 heteroatoms. The van der Waals surface area contributed by atoms with Crippen LogP contribution < -0.4 is 13.6 Å². The molecule has 2 aliphatic carbocycles. The average Bonchev–Trinajstić information content (AvgIpc) is 3.96. The van der Waals surface area contributed by atoms with E-state index in [2.05, 4.69) is 56.3 Å². The molecule has 0 nitrogen and oxygen atoms in total. The van der Waals surface area contributed by atoms with E-state index in [0.717, 1.165) is 68.9 Å². The van der Waals surface area contributed by atoms with Crippen LogP contribution in [0.1, 0.15) is 93.0 Å². The van der Waals surface area contributed by atoms with Gasteiger partial charge in [-0.15, -0.1) is 0 Å². The summed E-state index contributed by atoms with van der Waals surface area (Å²) in [5.41, 5.74) is 7.01. The van der Waals surface area contributed by atoms with Crippen molar-refractivity contribution in [2.75, 3.05) is 0 Å². The van der Waals surface area contributed by atoms with E-state index in [1.54, 1.807) is 24.3 Å². The van der Waals surface area contributed by atoms with Crippen LogP contribution in [0.2, 0.25) is 0 Å². The molecule has 0 aromatic heterocycles. The molecule has 1 heterocycles. The van der Waals surface area contributed by atoms with E-state index in [1.165, 1.54) is 40.2 Å².